The fraction of sp³-hybridized carbons (Fsp3) is 0.273. The van der Waals surface area contributed by atoms with Gasteiger partial charge in [-0.1, -0.05) is 48.0 Å². The zero-order valence-electron chi connectivity index (χ0n) is 16.4. The summed E-state index contributed by atoms with van der Waals surface area (Å²) in [6, 6.07) is 13.2. The van der Waals surface area contributed by atoms with Crippen LogP contribution in [0.3, 0.4) is 0 Å². The Morgan fingerprint density at radius 1 is 1.07 bits per heavy atom. The highest BCUT2D eigenvalue weighted by Gasteiger charge is 2.33. The van der Waals surface area contributed by atoms with Gasteiger partial charge in [0.15, 0.2) is 0 Å². The third kappa shape index (κ3) is 5.03. The number of aromatic nitrogens is 1. The number of thiazole rings is 1. The number of carbonyl (C=O) groups is 1. The predicted molar refractivity (Wildman–Crippen MR) is 109 cm³/mol. The second-order valence-electron chi connectivity index (χ2n) is 6.95. The maximum absolute atomic E-state index is 13.2. The fourth-order valence-corrected chi connectivity index (χ4v) is 4.03. The summed E-state index contributed by atoms with van der Waals surface area (Å²) in [6.45, 7) is 3.76. The third-order valence-corrected chi connectivity index (χ3v) is 5.57. The normalized spacial score (nSPS) is 11.5. The first-order chi connectivity index (χ1) is 13.6. The van der Waals surface area contributed by atoms with Crippen molar-refractivity contribution in [3.8, 4) is 11.3 Å². The van der Waals surface area contributed by atoms with E-state index in [0.717, 1.165) is 32.8 Å². The molecule has 29 heavy (non-hydrogen) atoms. The number of carbonyl (C=O) groups excluding carboxylic acids is 1. The molecule has 3 nitrogen and oxygen atoms in total. The second-order valence-corrected chi connectivity index (χ2v) is 8.24. The van der Waals surface area contributed by atoms with Crippen molar-refractivity contribution in [1.82, 2.24) is 9.88 Å². The number of benzene rings is 2. The summed E-state index contributed by atoms with van der Waals surface area (Å²) in [6.07, 6.45) is -4.35. The van der Waals surface area contributed by atoms with Crippen molar-refractivity contribution in [2.45, 2.75) is 33.0 Å². The zero-order valence-corrected chi connectivity index (χ0v) is 17.2. The van der Waals surface area contributed by atoms with E-state index < -0.39 is 11.7 Å². The quantitative estimate of drug-likeness (QED) is 0.537. The van der Waals surface area contributed by atoms with Crippen LogP contribution in [0.15, 0.2) is 48.5 Å². The molecule has 0 fully saturated rings. The molecule has 0 N–H and O–H groups in total. The fourth-order valence-electron chi connectivity index (χ4n) is 3.08. The number of hydrogen-bond donors (Lipinski definition) is 0. The van der Waals surface area contributed by atoms with Gasteiger partial charge in [-0.2, -0.15) is 13.2 Å². The molecule has 152 valence electrons. The van der Waals surface area contributed by atoms with E-state index in [1.807, 2.05) is 38.1 Å². The molecule has 3 aromatic rings. The van der Waals surface area contributed by atoms with Gasteiger partial charge in [0.25, 0.3) is 0 Å². The molecule has 0 saturated carbocycles. The van der Waals surface area contributed by atoms with Gasteiger partial charge in [0.1, 0.15) is 0 Å². The van der Waals surface area contributed by atoms with E-state index >= 15 is 0 Å². The van der Waals surface area contributed by atoms with Gasteiger partial charge in [0.05, 0.1) is 22.7 Å². The number of aryl methyl sites for hydroxylation is 2. The monoisotopic (exact) mass is 418 g/mol. The van der Waals surface area contributed by atoms with Crippen LogP contribution in [0.5, 0.6) is 0 Å². The Kier molecular flexibility index (Phi) is 6.07. The van der Waals surface area contributed by atoms with Crippen LogP contribution in [0.1, 0.15) is 26.6 Å². The Morgan fingerprint density at radius 3 is 2.38 bits per heavy atom. The van der Waals surface area contributed by atoms with Crippen molar-refractivity contribution in [1.29, 1.82) is 0 Å². The van der Waals surface area contributed by atoms with Crippen LogP contribution in [-0.4, -0.2) is 22.8 Å². The smallest absolute Gasteiger partial charge is 0.341 e. The lowest BCUT2D eigenvalue weighted by Gasteiger charge is -2.20. The standard InChI is InChI=1S/C22H21F3N2OS/c1-14-8-10-16(11-9-14)21-19(29-15(2)26-21)12-20(28)27(3)13-17-6-4-5-7-18(17)22(23,24)25/h4-11H,12-13H2,1-3H3. The van der Waals surface area contributed by atoms with Gasteiger partial charge in [-0.15, -0.1) is 11.3 Å². The molecule has 3 rings (SSSR count). The minimum Gasteiger partial charge on any atom is -0.341 e. The molecule has 1 amide bonds. The van der Waals surface area contributed by atoms with Crippen molar-refractivity contribution in [2.75, 3.05) is 7.05 Å². The van der Waals surface area contributed by atoms with Crippen LogP contribution in [-0.2, 0) is 23.9 Å². The van der Waals surface area contributed by atoms with Crippen molar-refractivity contribution in [2.24, 2.45) is 0 Å². The van der Waals surface area contributed by atoms with E-state index in [9.17, 15) is 18.0 Å². The molecule has 0 spiro atoms. The number of alkyl halides is 3. The molecule has 0 bridgehead atoms. The lowest BCUT2D eigenvalue weighted by molar-refractivity contribution is -0.139. The van der Waals surface area contributed by atoms with Crippen LogP contribution in [0.2, 0.25) is 0 Å². The summed E-state index contributed by atoms with van der Waals surface area (Å²) in [7, 11) is 1.52. The molecule has 0 aliphatic rings. The molecule has 0 aliphatic carbocycles. The number of likely N-dealkylation sites (N-methyl/N-ethyl adjacent to an activating group) is 1. The number of amides is 1. The summed E-state index contributed by atoms with van der Waals surface area (Å²) in [4.78, 5) is 19.4. The molecule has 0 unspecified atom stereocenters. The van der Waals surface area contributed by atoms with Crippen LogP contribution in [0.4, 0.5) is 13.2 Å². The van der Waals surface area contributed by atoms with E-state index in [4.69, 9.17) is 0 Å². The Morgan fingerprint density at radius 2 is 1.72 bits per heavy atom. The summed E-state index contributed by atoms with van der Waals surface area (Å²) >= 11 is 1.43. The molecule has 0 radical (unpaired) electrons. The first kappa shape index (κ1) is 21.0. The molecule has 1 aromatic heterocycles. The van der Waals surface area contributed by atoms with Gasteiger partial charge >= 0.3 is 6.18 Å². The average molecular weight is 418 g/mol. The minimum absolute atomic E-state index is 0.0788. The highest BCUT2D eigenvalue weighted by molar-refractivity contribution is 7.12. The van der Waals surface area contributed by atoms with Gasteiger partial charge in [-0.25, -0.2) is 4.98 Å². The van der Waals surface area contributed by atoms with Gasteiger partial charge in [-0.05, 0) is 25.5 Å². The Bertz CT molecular complexity index is 1010. The van der Waals surface area contributed by atoms with Gasteiger partial charge in [-0.3, -0.25) is 4.79 Å². The van der Waals surface area contributed by atoms with E-state index in [1.54, 1.807) is 6.07 Å². The minimum atomic E-state index is -4.45. The Labute approximate surface area is 171 Å². The summed E-state index contributed by atoms with van der Waals surface area (Å²) in [5.74, 6) is -0.251. The largest absolute Gasteiger partial charge is 0.416 e. The van der Waals surface area contributed by atoms with Crippen LogP contribution >= 0.6 is 11.3 Å². The van der Waals surface area contributed by atoms with Crippen LogP contribution in [0, 0.1) is 13.8 Å². The first-order valence-electron chi connectivity index (χ1n) is 9.07. The number of hydrogen-bond acceptors (Lipinski definition) is 3. The maximum atomic E-state index is 13.2. The molecule has 2 aromatic carbocycles. The van der Waals surface area contributed by atoms with Crippen LogP contribution in [0.25, 0.3) is 11.3 Å². The lowest BCUT2D eigenvalue weighted by Crippen LogP contribution is -2.28. The molecular formula is C22H21F3N2OS. The second kappa shape index (κ2) is 8.37. The van der Waals surface area contributed by atoms with E-state index in [1.165, 1.54) is 35.4 Å². The number of halogens is 3. The maximum Gasteiger partial charge on any atom is 0.416 e. The molecule has 0 atom stereocenters. The van der Waals surface area contributed by atoms with Gasteiger partial charge in [0, 0.05) is 24.0 Å². The molecular weight excluding hydrogens is 397 g/mol. The predicted octanol–water partition coefficient (Wildman–Crippen LogP) is 5.65. The summed E-state index contributed by atoms with van der Waals surface area (Å²) in [5, 5.41) is 0.841. The lowest BCUT2D eigenvalue weighted by atomic mass is 10.1. The van der Waals surface area contributed by atoms with Crippen LogP contribution < -0.4 is 0 Å². The zero-order chi connectivity index (χ0) is 21.2. The van der Waals surface area contributed by atoms with E-state index in [2.05, 4.69) is 4.98 Å². The molecule has 1 heterocycles. The Balaban J connectivity index is 1.79. The van der Waals surface area contributed by atoms with Crippen molar-refractivity contribution < 1.29 is 18.0 Å². The van der Waals surface area contributed by atoms with E-state index in [-0.39, 0.29) is 24.4 Å². The van der Waals surface area contributed by atoms with Gasteiger partial charge in [0.2, 0.25) is 5.91 Å². The van der Waals surface area contributed by atoms with E-state index in [0.29, 0.717) is 0 Å². The average Bonchev–Trinajstić information content (AvgIpc) is 3.02. The Hall–Kier alpha value is -2.67. The summed E-state index contributed by atoms with van der Waals surface area (Å²) < 4.78 is 39.6. The topological polar surface area (TPSA) is 33.2 Å². The molecule has 0 aliphatic heterocycles. The van der Waals surface area contributed by atoms with Crippen molar-refractivity contribution in [3.63, 3.8) is 0 Å². The molecule has 0 saturated heterocycles. The van der Waals surface area contributed by atoms with Crippen molar-refractivity contribution >= 4 is 17.2 Å². The van der Waals surface area contributed by atoms with Crippen molar-refractivity contribution in [3.05, 3.63) is 75.1 Å². The first-order valence-corrected chi connectivity index (χ1v) is 9.89. The highest BCUT2D eigenvalue weighted by Crippen LogP contribution is 2.33. The summed E-state index contributed by atoms with van der Waals surface area (Å²) in [5.41, 5.74) is 2.17. The molecule has 7 heteroatoms. The highest BCUT2D eigenvalue weighted by atomic mass is 32.1. The van der Waals surface area contributed by atoms with Gasteiger partial charge < -0.3 is 4.90 Å². The SMILES string of the molecule is Cc1ccc(-c2nc(C)sc2CC(=O)N(C)Cc2ccccc2C(F)(F)F)cc1. The third-order valence-electron chi connectivity index (χ3n) is 4.60. The number of nitrogens with zero attached hydrogens (tertiary/aromatic N) is 2. The number of rotatable bonds is 5.